The van der Waals surface area contributed by atoms with Crippen molar-refractivity contribution in [3.63, 3.8) is 0 Å². The summed E-state index contributed by atoms with van der Waals surface area (Å²) in [7, 11) is 1.64. The van der Waals surface area contributed by atoms with Crippen LogP contribution in [0.15, 0.2) is 53.5 Å². The summed E-state index contributed by atoms with van der Waals surface area (Å²) in [6.45, 7) is 1.13. The summed E-state index contributed by atoms with van der Waals surface area (Å²) >= 11 is 0. The monoisotopic (exact) mass is 354 g/mol. The van der Waals surface area contributed by atoms with Gasteiger partial charge in [0.2, 0.25) is 5.91 Å². The zero-order valence-electron chi connectivity index (χ0n) is 14.6. The molecule has 2 aromatic rings. The Morgan fingerprint density at radius 1 is 1.19 bits per heavy atom. The first kappa shape index (κ1) is 17.7. The van der Waals surface area contributed by atoms with E-state index >= 15 is 0 Å². The molecule has 0 spiro atoms. The van der Waals surface area contributed by atoms with Crippen LogP contribution in [0.25, 0.3) is 0 Å². The normalized spacial score (nSPS) is 15.0. The highest BCUT2D eigenvalue weighted by atomic mass is 16.2. The van der Waals surface area contributed by atoms with Gasteiger partial charge in [0.25, 0.3) is 5.56 Å². The largest absolute Gasteiger partial charge is 0.340 e. The first-order valence-corrected chi connectivity index (χ1v) is 8.60. The topological polar surface area (TPSA) is 83.4 Å². The van der Waals surface area contributed by atoms with Crippen molar-refractivity contribution < 1.29 is 9.59 Å². The molecule has 3 rings (SSSR count). The molecule has 1 aliphatic rings. The number of benzene rings is 1. The average Bonchev–Trinajstić information content (AvgIpc) is 3.03. The predicted molar refractivity (Wildman–Crippen MR) is 98.8 cm³/mol. The number of nitrogens with one attached hydrogen (secondary N) is 2. The molecule has 7 nitrogen and oxygen atoms in total. The molecule has 26 heavy (non-hydrogen) atoms. The van der Waals surface area contributed by atoms with E-state index in [1.54, 1.807) is 24.2 Å². The number of likely N-dealkylation sites (tertiary alicyclic amines) is 1. The van der Waals surface area contributed by atoms with Crippen LogP contribution in [0.2, 0.25) is 0 Å². The Bertz CT molecular complexity index is 847. The van der Waals surface area contributed by atoms with Crippen LogP contribution >= 0.6 is 0 Å². The first-order chi connectivity index (χ1) is 12.5. The quantitative estimate of drug-likeness (QED) is 0.860. The Morgan fingerprint density at radius 2 is 1.96 bits per heavy atom. The molecule has 7 heteroatoms. The molecule has 1 aromatic heterocycles. The number of carbonyl (C=O) groups excluding carboxylic acids is 2. The number of pyridine rings is 1. The van der Waals surface area contributed by atoms with E-state index in [9.17, 15) is 14.4 Å². The molecule has 136 valence electrons. The summed E-state index contributed by atoms with van der Waals surface area (Å²) in [6.07, 6.45) is 3.00. The number of anilines is 1. The molecular weight excluding hydrogens is 332 g/mol. The standard InChI is InChI=1S/C19H22N4O3/c1-22-11-9-15(12-18(22)25)20-19(26)21-16(14-6-3-2-4-7-14)13-23-10-5-8-17(23)24/h2-4,6-7,9,11-12,16H,5,8,10,13H2,1H3,(H2,20,21,26). The molecule has 2 heterocycles. The van der Waals surface area contributed by atoms with Gasteiger partial charge in [-0.1, -0.05) is 30.3 Å². The number of aryl methyl sites for hydroxylation is 1. The van der Waals surface area contributed by atoms with Crippen LogP contribution in [0.1, 0.15) is 24.4 Å². The van der Waals surface area contributed by atoms with Crippen molar-refractivity contribution in [2.24, 2.45) is 7.05 Å². The van der Waals surface area contributed by atoms with Crippen molar-refractivity contribution in [1.82, 2.24) is 14.8 Å². The second kappa shape index (κ2) is 7.86. The Hall–Kier alpha value is -3.09. The van der Waals surface area contributed by atoms with E-state index in [-0.39, 0.29) is 17.5 Å². The third-order valence-corrected chi connectivity index (χ3v) is 4.44. The van der Waals surface area contributed by atoms with Crippen LogP contribution in [-0.4, -0.2) is 34.5 Å². The Labute approximate surface area is 151 Å². The molecule has 0 radical (unpaired) electrons. The third-order valence-electron chi connectivity index (χ3n) is 4.44. The van der Waals surface area contributed by atoms with Crippen LogP contribution < -0.4 is 16.2 Å². The third kappa shape index (κ3) is 4.30. The lowest BCUT2D eigenvalue weighted by Gasteiger charge is -2.25. The molecule has 1 saturated heterocycles. The fourth-order valence-corrected chi connectivity index (χ4v) is 2.99. The fourth-order valence-electron chi connectivity index (χ4n) is 2.99. The van der Waals surface area contributed by atoms with Crippen molar-refractivity contribution >= 4 is 17.6 Å². The number of urea groups is 1. The summed E-state index contributed by atoms with van der Waals surface area (Å²) in [4.78, 5) is 37.8. The lowest BCUT2D eigenvalue weighted by molar-refractivity contribution is -0.128. The van der Waals surface area contributed by atoms with E-state index in [1.165, 1.54) is 10.6 Å². The molecule has 1 unspecified atom stereocenters. The highest BCUT2D eigenvalue weighted by molar-refractivity contribution is 5.89. The van der Waals surface area contributed by atoms with Gasteiger partial charge in [0.1, 0.15) is 0 Å². The molecule has 1 atom stereocenters. The molecule has 0 aliphatic carbocycles. The van der Waals surface area contributed by atoms with Crippen LogP contribution in [0.3, 0.4) is 0 Å². The van der Waals surface area contributed by atoms with E-state index in [2.05, 4.69) is 10.6 Å². The molecule has 0 bridgehead atoms. The minimum Gasteiger partial charge on any atom is -0.340 e. The number of aromatic nitrogens is 1. The summed E-state index contributed by atoms with van der Waals surface area (Å²) in [5.74, 6) is 0.111. The molecule has 2 N–H and O–H groups in total. The summed E-state index contributed by atoms with van der Waals surface area (Å²) in [5.41, 5.74) is 1.14. The maximum Gasteiger partial charge on any atom is 0.319 e. The van der Waals surface area contributed by atoms with Crippen molar-refractivity contribution in [2.75, 3.05) is 18.4 Å². The number of hydrogen-bond acceptors (Lipinski definition) is 3. The van der Waals surface area contributed by atoms with E-state index in [0.29, 0.717) is 25.2 Å². The summed E-state index contributed by atoms with van der Waals surface area (Å²) in [5, 5.41) is 5.59. The lowest BCUT2D eigenvalue weighted by atomic mass is 10.1. The SMILES string of the molecule is Cn1ccc(NC(=O)NC(CN2CCCC2=O)c2ccccc2)cc1=O. The van der Waals surface area contributed by atoms with Gasteiger partial charge in [0.05, 0.1) is 6.04 Å². The van der Waals surface area contributed by atoms with Gasteiger partial charge >= 0.3 is 6.03 Å². The number of hydrogen-bond donors (Lipinski definition) is 2. The van der Waals surface area contributed by atoms with Gasteiger partial charge in [0, 0.05) is 44.5 Å². The molecule has 0 saturated carbocycles. The van der Waals surface area contributed by atoms with Crippen molar-refractivity contribution in [3.8, 4) is 0 Å². The minimum atomic E-state index is -0.418. The fraction of sp³-hybridized carbons (Fsp3) is 0.316. The highest BCUT2D eigenvalue weighted by Crippen LogP contribution is 2.18. The van der Waals surface area contributed by atoms with E-state index < -0.39 is 6.03 Å². The zero-order valence-corrected chi connectivity index (χ0v) is 14.6. The van der Waals surface area contributed by atoms with E-state index in [0.717, 1.165) is 12.0 Å². The maximum atomic E-state index is 12.4. The van der Waals surface area contributed by atoms with Crippen LogP contribution in [0.5, 0.6) is 0 Å². The van der Waals surface area contributed by atoms with Crippen molar-refractivity contribution in [2.45, 2.75) is 18.9 Å². The second-order valence-corrected chi connectivity index (χ2v) is 6.37. The predicted octanol–water partition coefficient (Wildman–Crippen LogP) is 1.87. The molecule has 1 aromatic carbocycles. The van der Waals surface area contributed by atoms with Crippen LogP contribution in [-0.2, 0) is 11.8 Å². The molecule has 1 fully saturated rings. The summed E-state index contributed by atoms with van der Waals surface area (Å²) < 4.78 is 1.43. The molecule has 3 amide bonds. The zero-order chi connectivity index (χ0) is 18.5. The van der Waals surface area contributed by atoms with Crippen molar-refractivity contribution in [3.05, 3.63) is 64.6 Å². The van der Waals surface area contributed by atoms with E-state index in [4.69, 9.17) is 0 Å². The average molecular weight is 354 g/mol. The second-order valence-electron chi connectivity index (χ2n) is 6.37. The van der Waals surface area contributed by atoms with Gasteiger partial charge in [-0.3, -0.25) is 9.59 Å². The molecular formula is C19H22N4O3. The number of carbonyl (C=O) groups is 2. The Kier molecular flexibility index (Phi) is 5.36. The van der Waals surface area contributed by atoms with Gasteiger partial charge in [-0.15, -0.1) is 0 Å². The van der Waals surface area contributed by atoms with Gasteiger partial charge in [0.15, 0.2) is 0 Å². The first-order valence-electron chi connectivity index (χ1n) is 8.60. The maximum absolute atomic E-state index is 12.4. The smallest absolute Gasteiger partial charge is 0.319 e. The minimum absolute atomic E-state index is 0.111. The Morgan fingerprint density at radius 3 is 2.62 bits per heavy atom. The lowest BCUT2D eigenvalue weighted by Crippen LogP contribution is -2.40. The number of nitrogens with zero attached hydrogens (tertiary/aromatic N) is 2. The Balaban J connectivity index is 1.72. The van der Waals surface area contributed by atoms with Gasteiger partial charge in [-0.2, -0.15) is 0 Å². The van der Waals surface area contributed by atoms with Crippen LogP contribution in [0, 0.1) is 0 Å². The van der Waals surface area contributed by atoms with Crippen molar-refractivity contribution in [1.29, 1.82) is 0 Å². The summed E-state index contributed by atoms with van der Waals surface area (Å²) in [6, 6.07) is 11.8. The number of amides is 3. The van der Waals surface area contributed by atoms with Gasteiger partial charge in [-0.05, 0) is 18.1 Å². The van der Waals surface area contributed by atoms with E-state index in [1.807, 2.05) is 30.3 Å². The van der Waals surface area contributed by atoms with Gasteiger partial charge < -0.3 is 20.1 Å². The number of rotatable bonds is 5. The molecule has 1 aliphatic heterocycles. The van der Waals surface area contributed by atoms with Crippen LogP contribution in [0.4, 0.5) is 10.5 Å². The van der Waals surface area contributed by atoms with Gasteiger partial charge in [-0.25, -0.2) is 4.79 Å². The highest BCUT2D eigenvalue weighted by Gasteiger charge is 2.25.